The Kier molecular flexibility index (Phi) is 11.2. The zero-order chi connectivity index (χ0) is 17.0. The number of carbonyl (C=O) groups is 2. The quantitative estimate of drug-likeness (QED) is 0.564. The molecule has 0 heterocycles. The second kappa shape index (κ2) is 12.0. The number of benzene rings is 1. The van der Waals surface area contributed by atoms with E-state index in [-0.39, 0.29) is 6.04 Å². The summed E-state index contributed by atoms with van der Waals surface area (Å²) in [4.78, 5) is 20.7. The van der Waals surface area contributed by atoms with E-state index in [9.17, 15) is 9.59 Å². The molecule has 0 aliphatic heterocycles. The molecule has 1 aromatic carbocycles. The number of thioether (sulfide) groups is 1. The van der Waals surface area contributed by atoms with Crippen LogP contribution in [-0.4, -0.2) is 53.3 Å². The molecule has 124 valence electrons. The molecule has 0 bridgehead atoms. The Balaban J connectivity index is 0.000000409. The first-order valence-electron chi connectivity index (χ1n) is 6.83. The fourth-order valence-electron chi connectivity index (χ4n) is 1.58. The third kappa shape index (κ3) is 9.38. The van der Waals surface area contributed by atoms with Crippen LogP contribution in [0.25, 0.3) is 0 Å². The largest absolute Gasteiger partial charge is 0.480 e. The highest BCUT2D eigenvalue weighted by molar-refractivity contribution is 7.98. The maximum Gasteiger partial charge on any atom is 0.320 e. The molecule has 0 radical (unpaired) electrons. The number of hydrogen-bond acceptors (Lipinski definition) is 5. The fraction of sp³-hybridized carbons (Fsp3) is 0.467. The monoisotopic (exact) mass is 328 g/mol. The number of hydrogen-bond donors (Lipinski definition) is 4. The zero-order valence-corrected chi connectivity index (χ0v) is 13.7. The fourth-order valence-corrected chi connectivity index (χ4v) is 2.05. The summed E-state index contributed by atoms with van der Waals surface area (Å²) in [7, 11) is 1.67. The molecule has 0 aliphatic rings. The molecule has 0 fully saturated rings. The van der Waals surface area contributed by atoms with Gasteiger partial charge in [0.1, 0.15) is 12.1 Å². The van der Waals surface area contributed by atoms with E-state index in [1.54, 1.807) is 18.8 Å². The molecule has 0 saturated heterocycles. The number of carboxylic acids is 2. The molecule has 2 atom stereocenters. The van der Waals surface area contributed by atoms with Crippen LogP contribution in [0.1, 0.15) is 12.0 Å². The van der Waals surface area contributed by atoms with E-state index in [4.69, 9.17) is 15.9 Å². The number of nitrogens with two attached hydrogens (primary N) is 1. The van der Waals surface area contributed by atoms with Crippen molar-refractivity contribution in [3.63, 3.8) is 0 Å². The lowest BCUT2D eigenvalue weighted by Gasteiger charge is -2.08. The molecule has 0 aromatic heterocycles. The van der Waals surface area contributed by atoms with Gasteiger partial charge >= 0.3 is 11.9 Å². The predicted octanol–water partition coefficient (Wildman–Crippen LogP) is 1.05. The second-order valence-corrected chi connectivity index (χ2v) is 5.58. The van der Waals surface area contributed by atoms with Crippen molar-refractivity contribution in [3.8, 4) is 0 Å². The molecule has 5 N–H and O–H groups in total. The van der Waals surface area contributed by atoms with Gasteiger partial charge in [-0.05, 0) is 37.5 Å². The maximum absolute atomic E-state index is 10.4. The first-order valence-corrected chi connectivity index (χ1v) is 8.23. The molecule has 1 aromatic rings. The Morgan fingerprint density at radius 1 is 1.23 bits per heavy atom. The normalized spacial score (nSPS) is 12.7. The van der Waals surface area contributed by atoms with Gasteiger partial charge in [-0.15, -0.1) is 0 Å². The average Bonchev–Trinajstić information content (AvgIpc) is 2.49. The highest BCUT2D eigenvalue weighted by atomic mass is 32.2. The van der Waals surface area contributed by atoms with Gasteiger partial charge < -0.3 is 21.3 Å². The first-order chi connectivity index (χ1) is 10.4. The highest BCUT2D eigenvalue weighted by Crippen LogP contribution is 2.01. The van der Waals surface area contributed by atoms with Crippen LogP contribution in [0.2, 0.25) is 0 Å². The molecular weight excluding hydrogens is 304 g/mol. The number of rotatable bonds is 8. The minimum absolute atomic E-state index is 0.382. The summed E-state index contributed by atoms with van der Waals surface area (Å²) in [6, 6.07) is 8.16. The summed E-state index contributed by atoms with van der Waals surface area (Å²) in [6.07, 6.45) is 3.04. The summed E-state index contributed by atoms with van der Waals surface area (Å²) < 4.78 is 0. The summed E-state index contributed by atoms with van der Waals surface area (Å²) >= 11 is 1.66. The Bertz CT molecular complexity index is 442. The lowest BCUT2D eigenvalue weighted by atomic mass is 10.1. The van der Waals surface area contributed by atoms with Crippen LogP contribution in [0.5, 0.6) is 0 Å². The van der Waals surface area contributed by atoms with Gasteiger partial charge in [0.05, 0.1) is 0 Å². The van der Waals surface area contributed by atoms with Crippen LogP contribution in [-0.2, 0) is 16.0 Å². The molecule has 0 amide bonds. The molecule has 0 spiro atoms. The van der Waals surface area contributed by atoms with E-state index < -0.39 is 18.0 Å². The van der Waals surface area contributed by atoms with E-state index in [0.29, 0.717) is 12.8 Å². The van der Waals surface area contributed by atoms with Gasteiger partial charge in [0.2, 0.25) is 0 Å². The number of carboxylic acid groups (broad SMARTS) is 2. The highest BCUT2D eigenvalue weighted by Gasteiger charge is 2.12. The van der Waals surface area contributed by atoms with E-state index in [1.165, 1.54) is 0 Å². The number of aliphatic carboxylic acids is 2. The molecule has 2 unspecified atom stereocenters. The lowest BCUT2D eigenvalue weighted by Crippen LogP contribution is -2.34. The Morgan fingerprint density at radius 2 is 1.82 bits per heavy atom. The summed E-state index contributed by atoms with van der Waals surface area (Å²) in [5.41, 5.74) is 6.30. The minimum atomic E-state index is -0.959. The van der Waals surface area contributed by atoms with Crippen LogP contribution in [0.3, 0.4) is 0 Å². The van der Waals surface area contributed by atoms with Crippen molar-refractivity contribution in [1.29, 1.82) is 0 Å². The Labute approximate surface area is 135 Å². The van der Waals surface area contributed by atoms with E-state index in [2.05, 4.69) is 5.32 Å². The van der Waals surface area contributed by atoms with Crippen LogP contribution >= 0.6 is 11.8 Å². The molecule has 0 saturated carbocycles. The van der Waals surface area contributed by atoms with Gasteiger partial charge in [0.15, 0.2) is 0 Å². The maximum atomic E-state index is 10.4. The van der Waals surface area contributed by atoms with Gasteiger partial charge in [0, 0.05) is 0 Å². The van der Waals surface area contributed by atoms with Crippen molar-refractivity contribution in [3.05, 3.63) is 35.9 Å². The molecular formula is C15H24N2O4S. The lowest BCUT2D eigenvalue weighted by molar-refractivity contribution is -0.140. The van der Waals surface area contributed by atoms with Gasteiger partial charge in [-0.1, -0.05) is 30.3 Å². The van der Waals surface area contributed by atoms with Crippen LogP contribution < -0.4 is 11.1 Å². The average molecular weight is 328 g/mol. The van der Waals surface area contributed by atoms with Crippen molar-refractivity contribution in [2.45, 2.75) is 24.9 Å². The molecule has 22 heavy (non-hydrogen) atoms. The third-order valence-electron chi connectivity index (χ3n) is 2.87. The van der Waals surface area contributed by atoms with Crippen LogP contribution in [0, 0.1) is 0 Å². The summed E-state index contributed by atoms with van der Waals surface area (Å²) in [5.74, 6) is -0.840. The third-order valence-corrected chi connectivity index (χ3v) is 3.52. The Hall–Kier alpha value is -1.57. The predicted molar refractivity (Wildman–Crippen MR) is 89.2 cm³/mol. The van der Waals surface area contributed by atoms with Crippen LogP contribution in [0.15, 0.2) is 30.3 Å². The van der Waals surface area contributed by atoms with Crippen molar-refractivity contribution >= 4 is 23.7 Å². The molecule has 1 rings (SSSR count). The number of nitrogens with one attached hydrogen (secondary N) is 1. The second-order valence-electron chi connectivity index (χ2n) is 4.60. The van der Waals surface area contributed by atoms with Gasteiger partial charge in [0.25, 0.3) is 0 Å². The molecule has 7 heteroatoms. The molecule has 0 aliphatic carbocycles. The summed E-state index contributed by atoms with van der Waals surface area (Å²) in [6.45, 7) is 0. The topological polar surface area (TPSA) is 113 Å². The van der Waals surface area contributed by atoms with Gasteiger partial charge in [-0.2, -0.15) is 11.8 Å². The smallest absolute Gasteiger partial charge is 0.320 e. The van der Waals surface area contributed by atoms with Crippen molar-refractivity contribution in [1.82, 2.24) is 5.32 Å². The van der Waals surface area contributed by atoms with Gasteiger partial charge in [-0.3, -0.25) is 9.59 Å². The van der Waals surface area contributed by atoms with Gasteiger partial charge in [-0.25, -0.2) is 0 Å². The first kappa shape index (κ1) is 20.4. The standard InChI is InChI=1S/C9H11NO2.C6H13NO2S/c10-8(9(11)12)6-7-4-2-1-3-5-7;1-7-5(6(8)9)3-4-10-2/h1-5,8H,6,10H2,(H,11,12);5,7H,3-4H2,1-2H3,(H,8,9). The zero-order valence-electron chi connectivity index (χ0n) is 12.9. The van der Waals surface area contributed by atoms with E-state index >= 15 is 0 Å². The SMILES string of the molecule is CNC(CCSC)C(=O)O.NC(Cc1ccccc1)C(=O)O. The van der Waals surface area contributed by atoms with E-state index in [0.717, 1.165) is 11.3 Å². The van der Waals surface area contributed by atoms with Crippen molar-refractivity contribution < 1.29 is 19.8 Å². The molecule has 6 nitrogen and oxygen atoms in total. The van der Waals surface area contributed by atoms with Crippen molar-refractivity contribution in [2.24, 2.45) is 5.73 Å². The van der Waals surface area contributed by atoms with E-state index in [1.807, 2.05) is 36.6 Å². The Morgan fingerprint density at radius 3 is 2.23 bits per heavy atom. The minimum Gasteiger partial charge on any atom is -0.480 e. The summed E-state index contributed by atoms with van der Waals surface area (Å²) in [5, 5.41) is 19.8. The van der Waals surface area contributed by atoms with Crippen LogP contribution in [0.4, 0.5) is 0 Å². The number of likely N-dealkylation sites (N-methyl/N-ethyl adjacent to an activating group) is 1. The van der Waals surface area contributed by atoms with Crippen molar-refractivity contribution in [2.75, 3.05) is 19.1 Å².